The second-order valence-electron chi connectivity index (χ2n) is 3.17. The predicted molar refractivity (Wildman–Crippen MR) is 60.6 cm³/mol. The van der Waals surface area contributed by atoms with Crippen molar-refractivity contribution >= 4 is 5.97 Å². The van der Waals surface area contributed by atoms with E-state index in [1.54, 1.807) is 0 Å². The van der Waals surface area contributed by atoms with Crippen LogP contribution in [0.5, 0.6) is 0 Å². The van der Waals surface area contributed by atoms with E-state index < -0.39 is 0 Å². The Hall–Kier alpha value is -1.57. The minimum absolute atomic E-state index is 0.193. The molecule has 0 aliphatic heterocycles. The van der Waals surface area contributed by atoms with Crippen LogP contribution in [0.3, 0.4) is 0 Å². The van der Waals surface area contributed by atoms with Gasteiger partial charge in [0.25, 0.3) is 0 Å². The van der Waals surface area contributed by atoms with Crippen LogP contribution in [0.15, 0.2) is 42.5 Å². The van der Waals surface area contributed by atoms with Crippen molar-refractivity contribution in [2.75, 3.05) is 6.61 Å². The third-order valence-electron chi connectivity index (χ3n) is 2.08. The highest BCUT2D eigenvalue weighted by Crippen LogP contribution is 2.18. The van der Waals surface area contributed by atoms with E-state index in [9.17, 15) is 4.79 Å². The van der Waals surface area contributed by atoms with Crippen LogP contribution < -0.4 is 0 Å². The monoisotopic (exact) mass is 204 g/mol. The fourth-order valence-electron chi connectivity index (χ4n) is 1.41. The van der Waals surface area contributed by atoms with Crippen LogP contribution in [0.25, 0.3) is 0 Å². The third kappa shape index (κ3) is 3.24. The maximum absolute atomic E-state index is 11.7. The first kappa shape index (κ1) is 11.5. The molecule has 15 heavy (non-hydrogen) atoms. The average Bonchev–Trinajstić information content (AvgIpc) is 2.27. The summed E-state index contributed by atoms with van der Waals surface area (Å²) in [5.41, 5.74) is 0.967. The molecule has 0 saturated heterocycles. The molecule has 1 aromatic carbocycles. The first-order chi connectivity index (χ1) is 7.29. The van der Waals surface area contributed by atoms with E-state index in [0.29, 0.717) is 6.61 Å². The number of carbonyl (C=O) groups is 1. The van der Waals surface area contributed by atoms with Crippen molar-refractivity contribution in [3.05, 3.63) is 48.0 Å². The molecule has 0 heterocycles. The van der Waals surface area contributed by atoms with Crippen molar-refractivity contribution in [2.45, 2.75) is 19.8 Å². The van der Waals surface area contributed by atoms with Crippen LogP contribution in [0.4, 0.5) is 0 Å². The van der Waals surface area contributed by atoms with Gasteiger partial charge in [0.2, 0.25) is 0 Å². The van der Waals surface area contributed by atoms with Crippen molar-refractivity contribution in [1.29, 1.82) is 0 Å². The van der Waals surface area contributed by atoms with Crippen LogP contribution in [0.2, 0.25) is 0 Å². The molecule has 0 aliphatic rings. The van der Waals surface area contributed by atoms with E-state index in [1.807, 2.05) is 56.3 Å². The molecule has 1 unspecified atom stereocenters. The van der Waals surface area contributed by atoms with E-state index >= 15 is 0 Å². The lowest BCUT2D eigenvalue weighted by Gasteiger charge is -2.11. The van der Waals surface area contributed by atoms with Crippen molar-refractivity contribution in [3.8, 4) is 0 Å². The standard InChI is InChI=1S/C13H16O2/c1-3-8-12(13(14)15-4-2)11-9-6-5-7-10-11/h3,5-10,12H,4H2,1-2H3. The molecule has 0 bridgehead atoms. The maximum atomic E-state index is 11.7. The van der Waals surface area contributed by atoms with Gasteiger partial charge in [-0.1, -0.05) is 42.5 Å². The van der Waals surface area contributed by atoms with Crippen molar-refractivity contribution < 1.29 is 9.53 Å². The second kappa shape index (κ2) is 6.02. The van der Waals surface area contributed by atoms with Gasteiger partial charge in [-0.3, -0.25) is 4.79 Å². The molecule has 0 N–H and O–H groups in total. The lowest BCUT2D eigenvalue weighted by molar-refractivity contribution is -0.143. The summed E-state index contributed by atoms with van der Waals surface area (Å²) < 4.78 is 5.02. The molecule has 1 atom stereocenters. The fourth-order valence-corrected chi connectivity index (χ4v) is 1.41. The number of carbonyl (C=O) groups excluding carboxylic acids is 1. The molecule has 2 nitrogen and oxygen atoms in total. The van der Waals surface area contributed by atoms with Crippen LogP contribution in [0, 0.1) is 0 Å². The summed E-state index contributed by atoms with van der Waals surface area (Å²) in [5, 5.41) is 0. The van der Waals surface area contributed by atoms with Crippen molar-refractivity contribution in [3.63, 3.8) is 0 Å². The Morgan fingerprint density at radius 3 is 2.60 bits per heavy atom. The lowest BCUT2D eigenvalue weighted by Crippen LogP contribution is -2.13. The highest BCUT2D eigenvalue weighted by molar-refractivity contribution is 5.80. The van der Waals surface area contributed by atoms with Crippen LogP contribution in [-0.4, -0.2) is 12.6 Å². The Morgan fingerprint density at radius 1 is 1.40 bits per heavy atom. The Balaban J connectivity index is 2.88. The van der Waals surface area contributed by atoms with Crippen LogP contribution >= 0.6 is 0 Å². The summed E-state index contributed by atoms with van der Waals surface area (Å²) >= 11 is 0. The van der Waals surface area contributed by atoms with Crippen LogP contribution in [-0.2, 0) is 9.53 Å². The highest BCUT2D eigenvalue weighted by Gasteiger charge is 2.17. The summed E-state index contributed by atoms with van der Waals surface area (Å²) in [6, 6.07) is 9.64. The molecule has 0 radical (unpaired) electrons. The zero-order valence-electron chi connectivity index (χ0n) is 9.14. The molecule has 0 fully saturated rings. The number of ether oxygens (including phenoxy) is 1. The zero-order valence-corrected chi connectivity index (χ0v) is 9.14. The van der Waals surface area contributed by atoms with Gasteiger partial charge < -0.3 is 4.74 Å². The van der Waals surface area contributed by atoms with Gasteiger partial charge in [-0.15, -0.1) is 0 Å². The van der Waals surface area contributed by atoms with Crippen molar-refractivity contribution in [2.24, 2.45) is 0 Å². The molecule has 80 valence electrons. The average molecular weight is 204 g/mol. The van der Waals surface area contributed by atoms with Gasteiger partial charge in [0, 0.05) is 0 Å². The number of esters is 1. The number of benzene rings is 1. The normalized spacial score (nSPS) is 12.7. The second-order valence-corrected chi connectivity index (χ2v) is 3.17. The van der Waals surface area contributed by atoms with Gasteiger partial charge in [-0.2, -0.15) is 0 Å². The summed E-state index contributed by atoms with van der Waals surface area (Å²) in [6.45, 7) is 4.13. The Bertz CT molecular complexity index is 328. The highest BCUT2D eigenvalue weighted by atomic mass is 16.5. The lowest BCUT2D eigenvalue weighted by atomic mass is 9.99. The molecular formula is C13H16O2. The Morgan fingerprint density at radius 2 is 2.07 bits per heavy atom. The molecule has 2 heteroatoms. The van der Waals surface area contributed by atoms with Gasteiger partial charge in [0.15, 0.2) is 0 Å². The fraction of sp³-hybridized carbons (Fsp3) is 0.308. The van der Waals surface area contributed by atoms with Gasteiger partial charge in [0.05, 0.1) is 12.5 Å². The Labute approximate surface area is 90.6 Å². The first-order valence-corrected chi connectivity index (χ1v) is 5.14. The smallest absolute Gasteiger partial charge is 0.317 e. The molecule has 0 saturated carbocycles. The number of allylic oxidation sites excluding steroid dienone is 1. The first-order valence-electron chi connectivity index (χ1n) is 5.14. The molecule has 0 amide bonds. The largest absolute Gasteiger partial charge is 0.465 e. The molecule has 1 rings (SSSR count). The summed E-state index contributed by atoms with van der Waals surface area (Å²) in [7, 11) is 0. The zero-order chi connectivity index (χ0) is 11.1. The molecule has 0 spiro atoms. The van der Waals surface area contributed by atoms with E-state index in [2.05, 4.69) is 0 Å². The number of hydrogen-bond acceptors (Lipinski definition) is 2. The molecule has 0 aromatic heterocycles. The number of hydrogen-bond donors (Lipinski definition) is 0. The third-order valence-corrected chi connectivity index (χ3v) is 2.08. The maximum Gasteiger partial charge on any atom is 0.317 e. The minimum Gasteiger partial charge on any atom is -0.465 e. The molecular weight excluding hydrogens is 188 g/mol. The summed E-state index contributed by atoms with van der Waals surface area (Å²) in [6.07, 6.45) is 3.72. The Kier molecular flexibility index (Phi) is 4.61. The van der Waals surface area contributed by atoms with Gasteiger partial charge in [-0.05, 0) is 19.4 Å². The molecule has 0 aliphatic carbocycles. The van der Waals surface area contributed by atoms with E-state index in [4.69, 9.17) is 4.74 Å². The van der Waals surface area contributed by atoms with Gasteiger partial charge in [0.1, 0.15) is 0 Å². The number of rotatable bonds is 4. The quantitative estimate of drug-likeness (QED) is 0.557. The minimum atomic E-state index is -0.281. The summed E-state index contributed by atoms with van der Waals surface area (Å²) in [4.78, 5) is 11.7. The van der Waals surface area contributed by atoms with E-state index in [1.165, 1.54) is 0 Å². The van der Waals surface area contributed by atoms with E-state index in [0.717, 1.165) is 5.56 Å². The predicted octanol–water partition coefficient (Wildman–Crippen LogP) is 2.91. The SMILES string of the molecule is CC=CC(C(=O)OCC)c1ccccc1. The topological polar surface area (TPSA) is 26.3 Å². The molecule has 1 aromatic rings. The van der Waals surface area contributed by atoms with Crippen LogP contribution in [0.1, 0.15) is 25.3 Å². The van der Waals surface area contributed by atoms with Gasteiger partial charge in [-0.25, -0.2) is 0 Å². The van der Waals surface area contributed by atoms with Crippen molar-refractivity contribution in [1.82, 2.24) is 0 Å². The van der Waals surface area contributed by atoms with E-state index in [-0.39, 0.29) is 11.9 Å². The summed E-state index contributed by atoms with van der Waals surface area (Å²) in [5.74, 6) is -0.474. The van der Waals surface area contributed by atoms with Gasteiger partial charge >= 0.3 is 5.97 Å².